The van der Waals surface area contributed by atoms with Crippen molar-refractivity contribution in [2.24, 2.45) is 0 Å². The van der Waals surface area contributed by atoms with Crippen LogP contribution < -0.4 is 0 Å². The summed E-state index contributed by atoms with van der Waals surface area (Å²) >= 11 is 0. The van der Waals surface area contributed by atoms with Gasteiger partial charge < -0.3 is 0 Å². The first-order valence-corrected chi connectivity index (χ1v) is 13.9. The van der Waals surface area contributed by atoms with E-state index in [0.717, 1.165) is 11.1 Å². The fourth-order valence-corrected chi connectivity index (χ4v) is 9.74. The van der Waals surface area contributed by atoms with Crippen LogP contribution in [0.5, 0.6) is 0 Å². The van der Waals surface area contributed by atoms with Gasteiger partial charge in [0.2, 0.25) is 10.0 Å². The quantitative estimate of drug-likeness (QED) is 0.698. The summed E-state index contributed by atoms with van der Waals surface area (Å²) < 4.78 is 76.2. The maximum absolute atomic E-state index is 13.5. The molecule has 0 aromatic heterocycles. The molecule has 0 spiro atoms. The monoisotopic (exact) mass is 435 g/mol. The number of aryl methyl sites for hydroxylation is 3. The van der Waals surface area contributed by atoms with Gasteiger partial charge in [-0.05, 0) is 56.4 Å². The maximum Gasteiger partial charge on any atom is 0.243 e. The maximum atomic E-state index is 13.5. The first-order valence-electron chi connectivity index (χ1n) is 8.85. The zero-order valence-corrected chi connectivity index (χ0v) is 18.1. The summed E-state index contributed by atoms with van der Waals surface area (Å²) in [5, 5.41) is 0. The summed E-state index contributed by atoms with van der Waals surface area (Å²) in [7, 11) is -10.7. The Morgan fingerprint density at radius 2 is 1.26 bits per heavy atom. The van der Waals surface area contributed by atoms with Crippen LogP contribution in [0.1, 0.15) is 29.5 Å². The molecule has 152 valence electrons. The van der Waals surface area contributed by atoms with Crippen molar-refractivity contribution in [3.8, 4) is 0 Å². The third-order valence-corrected chi connectivity index (χ3v) is 11.1. The highest BCUT2D eigenvalue weighted by atomic mass is 32.2. The van der Waals surface area contributed by atoms with Gasteiger partial charge in [-0.3, -0.25) is 0 Å². The number of sulfonamides is 1. The van der Waals surface area contributed by atoms with E-state index < -0.39 is 41.8 Å². The Hall–Kier alpha value is -0.970. The van der Waals surface area contributed by atoms with Gasteiger partial charge in [0.05, 0.1) is 27.9 Å². The van der Waals surface area contributed by atoms with Crippen molar-refractivity contribution in [3.05, 3.63) is 28.8 Å². The molecule has 0 aliphatic carbocycles. The number of benzene rings is 1. The SMILES string of the molecule is Cc1cc(C)c(S(=O)(=O)N([C@H]2CCS(=O)(=O)C2)[C@H]2CCS(=O)(=O)C2)cc1C. The molecule has 1 aromatic carbocycles. The highest BCUT2D eigenvalue weighted by molar-refractivity contribution is 7.92. The van der Waals surface area contributed by atoms with Gasteiger partial charge in [0.25, 0.3) is 0 Å². The van der Waals surface area contributed by atoms with Crippen LogP contribution in [0.25, 0.3) is 0 Å². The Labute approximate surface area is 161 Å². The summed E-state index contributed by atoms with van der Waals surface area (Å²) in [6.07, 6.45) is 0.393. The molecule has 2 atom stereocenters. The molecule has 0 unspecified atom stereocenters. The predicted molar refractivity (Wildman–Crippen MR) is 104 cm³/mol. The summed E-state index contributed by atoms with van der Waals surface area (Å²) in [5.74, 6) is -0.663. The molecule has 1 aromatic rings. The van der Waals surface area contributed by atoms with Gasteiger partial charge in [0, 0.05) is 12.1 Å². The standard InChI is InChI=1S/C17H25NO6S3/c1-12-8-14(3)17(9-13(12)2)27(23,24)18(15-4-6-25(19,20)10-15)16-5-7-26(21,22)11-16/h8-9,15-16H,4-7,10-11H2,1-3H3/t15-,16-/m0/s1. The molecule has 10 heteroatoms. The Kier molecular flexibility index (Phi) is 5.24. The Bertz CT molecular complexity index is 1030. The van der Waals surface area contributed by atoms with Crippen molar-refractivity contribution in [2.45, 2.75) is 50.6 Å². The van der Waals surface area contributed by atoms with Gasteiger partial charge >= 0.3 is 0 Å². The van der Waals surface area contributed by atoms with Gasteiger partial charge in [-0.15, -0.1) is 0 Å². The van der Waals surface area contributed by atoms with E-state index in [0.29, 0.717) is 5.56 Å². The molecule has 3 rings (SSSR count). The number of hydrogen-bond donors (Lipinski definition) is 0. The molecule has 0 N–H and O–H groups in total. The minimum Gasteiger partial charge on any atom is -0.229 e. The van der Waals surface area contributed by atoms with Crippen molar-refractivity contribution < 1.29 is 25.3 Å². The van der Waals surface area contributed by atoms with E-state index in [4.69, 9.17) is 0 Å². The fraction of sp³-hybridized carbons (Fsp3) is 0.647. The van der Waals surface area contributed by atoms with Crippen molar-refractivity contribution >= 4 is 29.7 Å². The van der Waals surface area contributed by atoms with Crippen LogP contribution >= 0.6 is 0 Å². The normalized spacial score (nSPS) is 27.3. The molecule has 2 fully saturated rings. The second-order valence-corrected chi connectivity index (χ2v) is 13.9. The van der Waals surface area contributed by atoms with E-state index in [1.54, 1.807) is 19.1 Å². The highest BCUT2D eigenvalue weighted by Crippen LogP contribution is 2.33. The van der Waals surface area contributed by atoms with Gasteiger partial charge in [-0.2, -0.15) is 4.31 Å². The average Bonchev–Trinajstić information content (AvgIpc) is 3.04. The van der Waals surface area contributed by atoms with E-state index in [-0.39, 0.29) is 40.7 Å². The van der Waals surface area contributed by atoms with Gasteiger partial charge in [0.15, 0.2) is 19.7 Å². The summed E-state index contributed by atoms with van der Waals surface area (Å²) in [6.45, 7) is 5.41. The lowest BCUT2D eigenvalue weighted by Gasteiger charge is -2.32. The Balaban J connectivity index is 2.11. The molecule has 2 saturated heterocycles. The van der Waals surface area contributed by atoms with Crippen LogP contribution in [-0.4, -0.2) is 64.7 Å². The lowest BCUT2D eigenvalue weighted by molar-refractivity contribution is 0.280. The Morgan fingerprint density at radius 3 is 1.67 bits per heavy atom. The van der Waals surface area contributed by atoms with Crippen molar-refractivity contribution in [2.75, 3.05) is 23.0 Å². The lowest BCUT2D eigenvalue weighted by Crippen LogP contribution is -2.48. The van der Waals surface area contributed by atoms with Crippen LogP contribution in [0.2, 0.25) is 0 Å². The summed E-state index contributed by atoms with van der Waals surface area (Å²) in [4.78, 5) is 0.124. The first kappa shape index (κ1) is 20.8. The first-order chi connectivity index (χ1) is 12.3. The zero-order valence-electron chi connectivity index (χ0n) is 15.7. The smallest absolute Gasteiger partial charge is 0.229 e. The zero-order chi connectivity index (χ0) is 20.2. The highest BCUT2D eigenvalue weighted by Gasteiger charge is 2.46. The molecule has 2 aliphatic heterocycles. The largest absolute Gasteiger partial charge is 0.243 e. The molecular formula is C17H25NO6S3. The topological polar surface area (TPSA) is 106 Å². The number of rotatable bonds is 4. The minimum absolute atomic E-state index is 0.0743. The van der Waals surface area contributed by atoms with Gasteiger partial charge in [-0.1, -0.05) is 6.07 Å². The van der Waals surface area contributed by atoms with Crippen molar-refractivity contribution in [3.63, 3.8) is 0 Å². The molecule has 27 heavy (non-hydrogen) atoms. The molecular weight excluding hydrogens is 410 g/mol. The van der Waals surface area contributed by atoms with Crippen LogP contribution in [-0.2, 0) is 29.7 Å². The van der Waals surface area contributed by atoms with Crippen LogP contribution in [0, 0.1) is 20.8 Å². The molecule has 7 nitrogen and oxygen atoms in total. The predicted octanol–water partition coefficient (Wildman–Crippen LogP) is 0.977. The van der Waals surface area contributed by atoms with E-state index in [2.05, 4.69) is 0 Å². The van der Waals surface area contributed by atoms with Crippen molar-refractivity contribution in [1.82, 2.24) is 4.31 Å². The minimum atomic E-state index is -4.03. The molecule has 0 saturated carbocycles. The number of sulfone groups is 2. The summed E-state index contributed by atoms with van der Waals surface area (Å²) in [5.41, 5.74) is 2.35. The summed E-state index contributed by atoms with van der Waals surface area (Å²) in [6, 6.07) is 1.94. The average molecular weight is 436 g/mol. The van der Waals surface area contributed by atoms with Crippen LogP contribution in [0.15, 0.2) is 17.0 Å². The molecule has 2 aliphatic rings. The van der Waals surface area contributed by atoms with Crippen LogP contribution in [0.3, 0.4) is 0 Å². The molecule has 2 heterocycles. The van der Waals surface area contributed by atoms with Crippen LogP contribution in [0.4, 0.5) is 0 Å². The second kappa shape index (κ2) is 6.82. The van der Waals surface area contributed by atoms with E-state index in [1.807, 2.05) is 13.8 Å². The lowest BCUT2D eigenvalue weighted by atomic mass is 10.1. The van der Waals surface area contributed by atoms with Crippen molar-refractivity contribution in [1.29, 1.82) is 0 Å². The fourth-order valence-electron chi connectivity index (χ4n) is 3.97. The number of nitrogens with zero attached hydrogens (tertiary/aromatic N) is 1. The molecule has 0 radical (unpaired) electrons. The Morgan fingerprint density at radius 1 is 0.815 bits per heavy atom. The third-order valence-electron chi connectivity index (χ3n) is 5.48. The van der Waals surface area contributed by atoms with E-state index in [1.165, 1.54) is 4.31 Å². The third kappa shape index (κ3) is 4.08. The second-order valence-electron chi connectivity index (χ2n) is 7.65. The molecule has 0 bridgehead atoms. The van der Waals surface area contributed by atoms with E-state index in [9.17, 15) is 25.3 Å². The van der Waals surface area contributed by atoms with E-state index >= 15 is 0 Å². The van der Waals surface area contributed by atoms with Gasteiger partial charge in [0.1, 0.15) is 0 Å². The van der Waals surface area contributed by atoms with Gasteiger partial charge in [-0.25, -0.2) is 25.3 Å². The molecule has 0 amide bonds. The number of hydrogen-bond acceptors (Lipinski definition) is 6.